The van der Waals surface area contributed by atoms with Gasteiger partial charge in [0.1, 0.15) is 5.69 Å². The molecule has 29 heavy (non-hydrogen) atoms. The second-order valence-electron chi connectivity index (χ2n) is 7.25. The quantitative estimate of drug-likeness (QED) is 0.657. The molecule has 0 aliphatic heterocycles. The fourth-order valence-electron chi connectivity index (χ4n) is 2.89. The predicted molar refractivity (Wildman–Crippen MR) is 115 cm³/mol. The van der Waals surface area contributed by atoms with Gasteiger partial charge in [-0.25, -0.2) is 0 Å². The number of carbonyl (C=O) groups excluding carboxylic acids is 2. The Balaban J connectivity index is 1.88. The van der Waals surface area contributed by atoms with Crippen LogP contribution in [0.15, 0.2) is 79.0 Å². The largest absolute Gasteiger partial charge is 0.350 e. The number of amides is 2. The number of aromatic nitrogens is 1. The zero-order valence-electron chi connectivity index (χ0n) is 16.7. The molecule has 0 saturated carbocycles. The smallest absolute Gasteiger partial charge is 0.269 e. The minimum Gasteiger partial charge on any atom is -0.350 e. The SMILES string of the molecule is CC(C)CNC(=O)c1cc(C(=O)N(Cc2ccccc2)c2ccccc2)ccn1. The van der Waals surface area contributed by atoms with Crippen LogP contribution in [0.3, 0.4) is 0 Å². The Bertz CT molecular complexity index is 956. The van der Waals surface area contributed by atoms with Crippen LogP contribution < -0.4 is 10.2 Å². The Morgan fingerprint density at radius 3 is 2.28 bits per heavy atom. The lowest BCUT2D eigenvalue weighted by Crippen LogP contribution is -2.31. The Hall–Kier alpha value is -3.47. The van der Waals surface area contributed by atoms with Crippen molar-refractivity contribution in [2.24, 2.45) is 5.92 Å². The summed E-state index contributed by atoms with van der Waals surface area (Å²) < 4.78 is 0. The molecule has 3 aromatic rings. The molecule has 148 valence electrons. The van der Waals surface area contributed by atoms with E-state index in [1.54, 1.807) is 17.0 Å². The molecule has 1 heterocycles. The average Bonchev–Trinajstić information content (AvgIpc) is 2.76. The lowest BCUT2D eigenvalue weighted by molar-refractivity contribution is 0.0944. The first-order valence-electron chi connectivity index (χ1n) is 9.69. The Morgan fingerprint density at radius 1 is 0.966 bits per heavy atom. The van der Waals surface area contributed by atoms with Crippen molar-refractivity contribution in [1.29, 1.82) is 0 Å². The lowest BCUT2D eigenvalue weighted by Gasteiger charge is -2.23. The van der Waals surface area contributed by atoms with Gasteiger partial charge >= 0.3 is 0 Å². The van der Waals surface area contributed by atoms with Gasteiger partial charge in [0, 0.05) is 24.0 Å². The zero-order valence-corrected chi connectivity index (χ0v) is 16.7. The van der Waals surface area contributed by atoms with Gasteiger partial charge in [-0.2, -0.15) is 0 Å². The van der Waals surface area contributed by atoms with Gasteiger partial charge in [0.15, 0.2) is 0 Å². The second-order valence-corrected chi connectivity index (χ2v) is 7.25. The molecule has 2 aromatic carbocycles. The minimum absolute atomic E-state index is 0.180. The molecule has 0 bridgehead atoms. The molecule has 0 aliphatic carbocycles. The van der Waals surface area contributed by atoms with Gasteiger partial charge in [0.2, 0.25) is 0 Å². The Labute approximate surface area is 171 Å². The van der Waals surface area contributed by atoms with Crippen molar-refractivity contribution in [3.8, 4) is 0 Å². The van der Waals surface area contributed by atoms with Crippen LogP contribution in [0.5, 0.6) is 0 Å². The van der Waals surface area contributed by atoms with E-state index in [9.17, 15) is 9.59 Å². The third-order valence-corrected chi connectivity index (χ3v) is 4.41. The summed E-state index contributed by atoms with van der Waals surface area (Å²) in [6.07, 6.45) is 1.50. The number of para-hydroxylation sites is 1. The maximum absolute atomic E-state index is 13.4. The number of nitrogens with zero attached hydrogens (tertiary/aromatic N) is 2. The molecule has 0 fully saturated rings. The van der Waals surface area contributed by atoms with Crippen molar-refractivity contribution in [3.63, 3.8) is 0 Å². The number of carbonyl (C=O) groups is 2. The van der Waals surface area contributed by atoms with E-state index in [2.05, 4.69) is 10.3 Å². The molecule has 1 aromatic heterocycles. The van der Waals surface area contributed by atoms with Crippen LogP contribution in [0.1, 0.15) is 40.3 Å². The molecule has 0 aliphatic rings. The highest BCUT2D eigenvalue weighted by Crippen LogP contribution is 2.20. The summed E-state index contributed by atoms with van der Waals surface area (Å²) in [7, 11) is 0. The Kier molecular flexibility index (Phi) is 6.74. The van der Waals surface area contributed by atoms with E-state index in [0.29, 0.717) is 24.6 Å². The number of rotatable bonds is 7. The van der Waals surface area contributed by atoms with E-state index in [-0.39, 0.29) is 17.5 Å². The van der Waals surface area contributed by atoms with E-state index >= 15 is 0 Å². The van der Waals surface area contributed by atoms with Gasteiger partial charge < -0.3 is 10.2 Å². The summed E-state index contributed by atoms with van der Waals surface area (Å²) in [5.41, 5.74) is 2.48. The topological polar surface area (TPSA) is 62.3 Å². The number of hydrogen-bond acceptors (Lipinski definition) is 3. The van der Waals surface area contributed by atoms with Crippen LogP contribution >= 0.6 is 0 Å². The summed E-state index contributed by atoms with van der Waals surface area (Å²) in [6.45, 7) is 5.04. The maximum Gasteiger partial charge on any atom is 0.269 e. The van der Waals surface area contributed by atoms with Gasteiger partial charge in [-0.15, -0.1) is 0 Å². The molecule has 5 heteroatoms. The van der Waals surface area contributed by atoms with Crippen LogP contribution in [-0.2, 0) is 6.54 Å². The fourth-order valence-corrected chi connectivity index (χ4v) is 2.89. The van der Waals surface area contributed by atoms with Crippen LogP contribution in [0, 0.1) is 5.92 Å². The van der Waals surface area contributed by atoms with Gasteiger partial charge in [0.05, 0.1) is 6.54 Å². The number of benzene rings is 2. The molecule has 3 rings (SSSR count). The average molecular weight is 387 g/mol. The number of anilines is 1. The first kappa shape index (κ1) is 20.3. The minimum atomic E-state index is -0.275. The molecule has 0 saturated heterocycles. The highest BCUT2D eigenvalue weighted by molar-refractivity contribution is 6.07. The fraction of sp³-hybridized carbons (Fsp3) is 0.208. The molecule has 0 atom stereocenters. The van der Waals surface area contributed by atoms with Crippen molar-refractivity contribution >= 4 is 17.5 Å². The van der Waals surface area contributed by atoms with Crippen LogP contribution in [-0.4, -0.2) is 23.3 Å². The molecule has 2 amide bonds. The first-order chi connectivity index (χ1) is 14.0. The molecule has 1 N–H and O–H groups in total. The molecule has 0 radical (unpaired) electrons. The molecular weight excluding hydrogens is 362 g/mol. The first-order valence-corrected chi connectivity index (χ1v) is 9.69. The summed E-state index contributed by atoms with van der Waals surface area (Å²) in [6, 6.07) is 22.5. The predicted octanol–water partition coefficient (Wildman–Crippen LogP) is 4.31. The zero-order chi connectivity index (χ0) is 20.6. The van der Waals surface area contributed by atoms with Crippen LogP contribution in [0.4, 0.5) is 5.69 Å². The van der Waals surface area contributed by atoms with Crippen molar-refractivity contribution in [3.05, 3.63) is 95.8 Å². The Morgan fingerprint density at radius 2 is 1.62 bits per heavy atom. The van der Waals surface area contributed by atoms with Crippen LogP contribution in [0.25, 0.3) is 0 Å². The monoisotopic (exact) mass is 387 g/mol. The second kappa shape index (κ2) is 9.64. The van der Waals surface area contributed by atoms with Gasteiger partial charge in [-0.1, -0.05) is 62.4 Å². The van der Waals surface area contributed by atoms with Crippen molar-refractivity contribution in [2.45, 2.75) is 20.4 Å². The van der Waals surface area contributed by atoms with Crippen molar-refractivity contribution < 1.29 is 9.59 Å². The van der Waals surface area contributed by atoms with E-state index in [4.69, 9.17) is 0 Å². The van der Waals surface area contributed by atoms with E-state index < -0.39 is 0 Å². The van der Waals surface area contributed by atoms with Crippen molar-refractivity contribution in [2.75, 3.05) is 11.4 Å². The van der Waals surface area contributed by atoms with E-state index in [0.717, 1.165) is 11.3 Å². The number of hydrogen-bond donors (Lipinski definition) is 1. The lowest BCUT2D eigenvalue weighted by atomic mass is 10.1. The highest BCUT2D eigenvalue weighted by atomic mass is 16.2. The van der Waals surface area contributed by atoms with E-state index in [1.807, 2.05) is 74.5 Å². The van der Waals surface area contributed by atoms with Crippen molar-refractivity contribution in [1.82, 2.24) is 10.3 Å². The number of nitrogens with one attached hydrogen (secondary N) is 1. The summed E-state index contributed by atoms with van der Waals surface area (Å²) in [5.74, 6) is -0.119. The normalized spacial score (nSPS) is 10.6. The molecular formula is C24H25N3O2. The van der Waals surface area contributed by atoms with Crippen LogP contribution in [0.2, 0.25) is 0 Å². The van der Waals surface area contributed by atoms with Gasteiger partial charge in [-0.05, 0) is 35.7 Å². The maximum atomic E-state index is 13.4. The summed E-state index contributed by atoms with van der Waals surface area (Å²) in [4.78, 5) is 31.6. The van der Waals surface area contributed by atoms with Gasteiger partial charge in [0.25, 0.3) is 11.8 Å². The molecule has 5 nitrogen and oxygen atoms in total. The third-order valence-electron chi connectivity index (χ3n) is 4.41. The third kappa shape index (κ3) is 5.51. The molecule has 0 spiro atoms. The number of pyridine rings is 1. The summed E-state index contributed by atoms with van der Waals surface area (Å²) >= 11 is 0. The summed E-state index contributed by atoms with van der Waals surface area (Å²) in [5, 5.41) is 2.84. The van der Waals surface area contributed by atoms with Gasteiger partial charge in [-0.3, -0.25) is 14.6 Å². The molecule has 0 unspecified atom stereocenters. The van der Waals surface area contributed by atoms with E-state index in [1.165, 1.54) is 6.20 Å². The highest BCUT2D eigenvalue weighted by Gasteiger charge is 2.20. The standard InChI is InChI=1S/C24H25N3O2/c1-18(2)16-26-23(28)22-15-20(13-14-25-22)24(29)27(21-11-7-4-8-12-21)17-19-9-5-3-6-10-19/h3-15,18H,16-17H2,1-2H3,(H,26,28).